The summed E-state index contributed by atoms with van der Waals surface area (Å²) in [7, 11) is -4.02. The van der Waals surface area contributed by atoms with Crippen LogP contribution in [-0.4, -0.2) is 18.2 Å². The van der Waals surface area contributed by atoms with Crippen molar-refractivity contribution in [3.8, 4) is 6.07 Å². The van der Waals surface area contributed by atoms with Gasteiger partial charge in [-0.2, -0.15) is 10.4 Å². The number of benzene rings is 1. The number of sulfonamides is 1. The number of anilines is 1. The van der Waals surface area contributed by atoms with E-state index in [1.807, 2.05) is 19.9 Å². The third kappa shape index (κ3) is 3.19. The first-order valence-corrected chi connectivity index (χ1v) is 8.44. The van der Waals surface area contributed by atoms with Crippen LogP contribution in [0.5, 0.6) is 0 Å². The molecule has 122 valence electrons. The van der Waals surface area contributed by atoms with Crippen LogP contribution in [0.4, 0.5) is 10.1 Å². The highest BCUT2D eigenvalue weighted by molar-refractivity contribution is 7.92. The fraction of sp³-hybridized carbons (Fsp3) is 0.333. The molecule has 8 heteroatoms. The molecule has 1 N–H and O–H groups in total. The first-order valence-electron chi connectivity index (χ1n) is 6.95. The minimum atomic E-state index is -4.02. The summed E-state index contributed by atoms with van der Waals surface area (Å²) >= 11 is 0. The lowest BCUT2D eigenvalue weighted by Gasteiger charge is -2.11. The molecule has 0 fully saturated rings. The number of nitriles is 1. The maximum Gasteiger partial charge on any atom is 0.265 e. The quantitative estimate of drug-likeness (QED) is 0.930. The average molecular weight is 336 g/mol. The number of aryl methyl sites for hydroxylation is 1. The summed E-state index contributed by atoms with van der Waals surface area (Å²) < 4.78 is 42.9. The van der Waals surface area contributed by atoms with Crippen LogP contribution in [0.1, 0.15) is 36.8 Å². The third-order valence-electron chi connectivity index (χ3n) is 3.36. The molecule has 0 radical (unpaired) electrons. The number of aromatic nitrogens is 2. The van der Waals surface area contributed by atoms with Crippen molar-refractivity contribution in [2.45, 2.75) is 38.6 Å². The summed E-state index contributed by atoms with van der Waals surface area (Å²) in [5.74, 6) is -0.751. The molecule has 23 heavy (non-hydrogen) atoms. The highest BCUT2D eigenvalue weighted by Crippen LogP contribution is 2.26. The van der Waals surface area contributed by atoms with Crippen molar-refractivity contribution < 1.29 is 12.8 Å². The van der Waals surface area contributed by atoms with Crippen molar-refractivity contribution in [3.63, 3.8) is 0 Å². The minimum Gasteiger partial charge on any atom is -0.276 e. The molecule has 0 aliphatic carbocycles. The van der Waals surface area contributed by atoms with Gasteiger partial charge in [0, 0.05) is 6.04 Å². The summed E-state index contributed by atoms with van der Waals surface area (Å²) in [5.41, 5.74) is 0.706. The van der Waals surface area contributed by atoms with Crippen LogP contribution in [0.15, 0.2) is 23.1 Å². The lowest BCUT2D eigenvalue weighted by molar-refractivity contribution is 0.514. The Hall–Kier alpha value is -2.40. The van der Waals surface area contributed by atoms with Crippen LogP contribution in [0, 0.1) is 31.0 Å². The molecular weight excluding hydrogens is 319 g/mol. The summed E-state index contributed by atoms with van der Waals surface area (Å²) in [6.07, 6.45) is 0. The molecule has 0 saturated heterocycles. The zero-order chi connectivity index (χ0) is 17.4. The van der Waals surface area contributed by atoms with Gasteiger partial charge in [0.2, 0.25) is 0 Å². The Kier molecular flexibility index (Phi) is 4.43. The van der Waals surface area contributed by atoms with Gasteiger partial charge in [-0.3, -0.25) is 9.40 Å². The van der Waals surface area contributed by atoms with Crippen LogP contribution < -0.4 is 4.72 Å². The van der Waals surface area contributed by atoms with E-state index in [2.05, 4.69) is 9.82 Å². The van der Waals surface area contributed by atoms with Crippen LogP contribution in [0.3, 0.4) is 0 Å². The molecule has 1 aromatic heterocycles. The van der Waals surface area contributed by atoms with E-state index in [4.69, 9.17) is 5.26 Å². The van der Waals surface area contributed by atoms with Crippen molar-refractivity contribution in [1.29, 1.82) is 5.26 Å². The van der Waals surface area contributed by atoms with Crippen LogP contribution >= 0.6 is 0 Å². The van der Waals surface area contributed by atoms with E-state index in [1.54, 1.807) is 18.5 Å². The van der Waals surface area contributed by atoms with Crippen molar-refractivity contribution in [2.75, 3.05) is 4.72 Å². The molecule has 0 amide bonds. The van der Waals surface area contributed by atoms with Gasteiger partial charge in [-0.15, -0.1) is 0 Å². The molecule has 2 aromatic rings. The van der Waals surface area contributed by atoms with E-state index in [1.165, 1.54) is 6.07 Å². The first-order chi connectivity index (χ1) is 10.7. The number of nitrogens with one attached hydrogen (secondary N) is 1. The Morgan fingerprint density at radius 1 is 1.35 bits per heavy atom. The smallest absolute Gasteiger partial charge is 0.265 e. The fourth-order valence-corrected chi connectivity index (χ4v) is 3.87. The molecule has 0 saturated carbocycles. The van der Waals surface area contributed by atoms with E-state index >= 15 is 0 Å². The number of rotatable bonds is 4. The van der Waals surface area contributed by atoms with Gasteiger partial charge >= 0.3 is 0 Å². The molecule has 6 nitrogen and oxygen atoms in total. The summed E-state index contributed by atoms with van der Waals surface area (Å²) in [4.78, 5) is 0.0213. The Morgan fingerprint density at radius 3 is 2.52 bits per heavy atom. The zero-order valence-electron chi connectivity index (χ0n) is 13.3. The molecule has 0 bridgehead atoms. The van der Waals surface area contributed by atoms with Crippen LogP contribution in [0.2, 0.25) is 0 Å². The van der Waals surface area contributed by atoms with Crippen molar-refractivity contribution >= 4 is 15.7 Å². The van der Waals surface area contributed by atoms with Gasteiger partial charge in [0.1, 0.15) is 10.7 Å². The van der Waals surface area contributed by atoms with Crippen LogP contribution in [0.25, 0.3) is 0 Å². The van der Waals surface area contributed by atoms with Gasteiger partial charge in [0.25, 0.3) is 10.0 Å². The van der Waals surface area contributed by atoms with Gasteiger partial charge in [0.15, 0.2) is 0 Å². The monoisotopic (exact) mass is 336 g/mol. The van der Waals surface area contributed by atoms with E-state index in [9.17, 15) is 12.8 Å². The average Bonchev–Trinajstić information content (AvgIpc) is 2.77. The molecule has 0 aliphatic rings. The fourth-order valence-electron chi connectivity index (χ4n) is 2.41. The highest BCUT2D eigenvalue weighted by Gasteiger charge is 2.26. The van der Waals surface area contributed by atoms with Crippen molar-refractivity contribution in [1.82, 2.24) is 9.78 Å². The van der Waals surface area contributed by atoms with E-state index < -0.39 is 15.8 Å². The second kappa shape index (κ2) is 6.01. The number of nitrogens with zero attached hydrogens (tertiary/aromatic N) is 3. The SMILES string of the molecule is Cc1nn(C(C)C)c(C)c1S(=O)(=O)Nc1cc(C#N)ccc1F. The largest absolute Gasteiger partial charge is 0.276 e. The molecular formula is C15H17FN4O2S. The Bertz CT molecular complexity index is 895. The second-order valence-corrected chi connectivity index (χ2v) is 7.07. The molecule has 1 aromatic carbocycles. The lowest BCUT2D eigenvalue weighted by Crippen LogP contribution is -2.16. The first kappa shape index (κ1) is 17.0. The predicted molar refractivity (Wildman–Crippen MR) is 84.0 cm³/mol. The Balaban J connectivity index is 2.51. The second-order valence-electron chi connectivity index (χ2n) is 5.45. The van der Waals surface area contributed by atoms with Gasteiger partial charge < -0.3 is 0 Å². The topological polar surface area (TPSA) is 87.8 Å². The maximum absolute atomic E-state index is 13.8. The van der Waals surface area contributed by atoms with E-state index in [0.29, 0.717) is 11.4 Å². The van der Waals surface area contributed by atoms with Gasteiger partial charge in [0.05, 0.1) is 28.7 Å². The number of hydrogen-bond donors (Lipinski definition) is 1. The summed E-state index contributed by atoms with van der Waals surface area (Å²) in [6.45, 7) is 7.01. The van der Waals surface area contributed by atoms with E-state index in [-0.39, 0.29) is 22.2 Å². The summed E-state index contributed by atoms with van der Waals surface area (Å²) in [5, 5.41) is 13.1. The molecule has 1 heterocycles. The normalized spacial score (nSPS) is 11.5. The van der Waals surface area contributed by atoms with Gasteiger partial charge in [-0.25, -0.2) is 12.8 Å². The predicted octanol–water partition coefficient (Wildman–Crippen LogP) is 2.89. The molecule has 0 spiro atoms. The zero-order valence-corrected chi connectivity index (χ0v) is 14.1. The standard InChI is InChI=1S/C15H17FN4O2S/c1-9(2)20-11(4)15(10(3)18-20)23(21,22)19-14-7-12(8-17)5-6-13(14)16/h5-7,9,19H,1-4H3. The molecule has 0 unspecified atom stereocenters. The van der Waals surface area contributed by atoms with Crippen molar-refractivity contribution in [2.24, 2.45) is 0 Å². The van der Waals surface area contributed by atoms with E-state index in [0.717, 1.165) is 12.1 Å². The third-order valence-corrected chi connectivity index (χ3v) is 4.97. The Morgan fingerprint density at radius 2 is 2.00 bits per heavy atom. The maximum atomic E-state index is 13.8. The molecule has 2 rings (SSSR count). The van der Waals surface area contributed by atoms with Gasteiger partial charge in [-0.05, 0) is 45.9 Å². The van der Waals surface area contributed by atoms with Gasteiger partial charge in [-0.1, -0.05) is 0 Å². The molecule has 0 atom stereocenters. The van der Waals surface area contributed by atoms with Crippen LogP contribution in [-0.2, 0) is 10.0 Å². The lowest BCUT2D eigenvalue weighted by atomic mass is 10.2. The minimum absolute atomic E-state index is 0.00342. The highest BCUT2D eigenvalue weighted by atomic mass is 32.2. The summed E-state index contributed by atoms with van der Waals surface area (Å²) in [6, 6.07) is 5.33. The van der Waals surface area contributed by atoms with Crippen molar-refractivity contribution in [3.05, 3.63) is 41.0 Å². The Labute approximate surface area is 134 Å². The number of halogens is 1. The number of hydrogen-bond acceptors (Lipinski definition) is 4. The molecule has 0 aliphatic heterocycles.